The molecule has 0 bridgehead atoms. The molecular weight excluding hydrogens is 326 g/mol. The summed E-state index contributed by atoms with van der Waals surface area (Å²) in [5.74, 6) is 0.0672. The van der Waals surface area contributed by atoms with Crippen molar-refractivity contribution in [2.45, 2.75) is 19.8 Å². The molecule has 0 saturated heterocycles. The monoisotopic (exact) mass is 349 g/mol. The van der Waals surface area contributed by atoms with E-state index in [9.17, 15) is 4.79 Å². The van der Waals surface area contributed by atoms with Gasteiger partial charge in [-0.15, -0.1) is 0 Å². The van der Waals surface area contributed by atoms with Crippen LogP contribution in [0.1, 0.15) is 27.3 Å². The number of fused-ring (bicyclic) bond motifs is 1. The van der Waals surface area contributed by atoms with E-state index in [0.717, 1.165) is 29.8 Å². The Morgan fingerprint density at radius 1 is 1.04 bits per heavy atom. The first kappa shape index (κ1) is 16.6. The van der Waals surface area contributed by atoms with Crippen LogP contribution in [0.2, 0.25) is 0 Å². The highest BCUT2D eigenvalue weighted by molar-refractivity contribution is 5.95. The first-order valence-corrected chi connectivity index (χ1v) is 8.94. The van der Waals surface area contributed by atoms with E-state index >= 15 is 0 Å². The fraction of sp³-hybridized carbons (Fsp3) is 0.350. The zero-order valence-corrected chi connectivity index (χ0v) is 15.4. The molecule has 4 rings (SSSR count). The van der Waals surface area contributed by atoms with Gasteiger partial charge in [0.2, 0.25) is 0 Å². The molecule has 134 valence electrons. The smallest absolute Gasteiger partial charge is 0.257 e. The lowest BCUT2D eigenvalue weighted by molar-refractivity contribution is 0.0761. The third-order valence-corrected chi connectivity index (χ3v) is 5.10. The van der Waals surface area contributed by atoms with Crippen LogP contribution in [-0.2, 0) is 26.9 Å². The molecule has 1 aliphatic heterocycles. The number of amides is 1. The molecule has 0 saturated carbocycles. The lowest BCUT2D eigenvalue weighted by atomic mass is 10.0. The predicted molar refractivity (Wildman–Crippen MR) is 99.9 cm³/mol. The summed E-state index contributed by atoms with van der Waals surface area (Å²) in [4.78, 5) is 14.9. The van der Waals surface area contributed by atoms with Gasteiger partial charge in [0.1, 0.15) is 0 Å². The second kappa shape index (κ2) is 6.44. The fourth-order valence-electron chi connectivity index (χ4n) is 3.79. The van der Waals surface area contributed by atoms with Crippen molar-refractivity contribution in [2.24, 2.45) is 14.1 Å². The molecule has 3 heterocycles. The van der Waals surface area contributed by atoms with Gasteiger partial charge in [0.25, 0.3) is 5.91 Å². The molecule has 26 heavy (non-hydrogen) atoms. The standard InChI is InChI=1S/C20H23N5O/c1-14-17(13-23(2)21-14)20(26)25-11-9-16-18(10-12-25)24(3)22-19(16)15-7-5-4-6-8-15/h4-8,13H,9-12H2,1-3H3. The third kappa shape index (κ3) is 2.81. The molecule has 0 N–H and O–H groups in total. The minimum absolute atomic E-state index is 0.0672. The van der Waals surface area contributed by atoms with Crippen LogP contribution in [0.25, 0.3) is 11.3 Å². The summed E-state index contributed by atoms with van der Waals surface area (Å²) in [5, 5.41) is 9.05. The molecule has 0 radical (unpaired) electrons. The molecule has 6 heteroatoms. The highest BCUT2D eigenvalue weighted by Gasteiger charge is 2.26. The number of nitrogens with zero attached hydrogens (tertiary/aromatic N) is 5. The second-order valence-corrected chi connectivity index (χ2v) is 6.86. The maximum absolute atomic E-state index is 12.9. The van der Waals surface area contributed by atoms with Crippen LogP contribution in [0.3, 0.4) is 0 Å². The lowest BCUT2D eigenvalue weighted by Crippen LogP contribution is -2.33. The van der Waals surface area contributed by atoms with Gasteiger partial charge in [-0.1, -0.05) is 30.3 Å². The van der Waals surface area contributed by atoms with Gasteiger partial charge in [-0.3, -0.25) is 14.2 Å². The van der Waals surface area contributed by atoms with E-state index < -0.39 is 0 Å². The van der Waals surface area contributed by atoms with Crippen LogP contribution in [0.5, 0.6) is 0 Å². The molecule has 1 amide bonds. The average molecular weight is 349 g/mol. The number of carbonyl (C=O) groups excluding carboxylic acids is 1. The van der Waals surface area contributed by atoms with Crippen LogP contribution < -0.4 is 0 Å². The molecule has 1 aliphatic rings. The first-order chi connectivity index (χ1) is 12.5. The summed E-state index contributed by atoms with van der Waals surface area (Å²) in [6.07, 6.45) is 3.45. The molecule has 0 fully saturated rings. The lowest BCUT2D eigenvalue weighted by Gasteiger charge is -2.20. The number of benzene rings is 1. The first-order valence-electron chi connectivity index (χ1n) is 8.94. The van der Waals surface area contributed by atoms with Crippen molar-refractivity contribution in [2.75, 3.05) is 13.1 Å². The van der Waals surface area contributed by atoms with E-state index in [2.05, 4.69) is 17.2 Å². The quantitative estimate of drug-likeness (QED) is 0.714. The molecule has 6 nitrogen and oxygen atoms in total. The van der Waals surface area contributed by atoms with E-state index in [1.54, 1.807) is 4.68 Å². The summed E-state index contributed by atoms with van der Waals surface area (Å²) in [7, 11) is 3.84. The van der Waals surface area contributed by atoms with E-state index in [0.29, 0.717) is 18.7 Å². The Morgan fingerprint density at radius 2 is 1.77 bits per heavy atom. The van der Waals surface area contributed by atoms with Gasteiger partial charge < -0.3 is 4.90 Å². The Balaban J connectivity index is 1.62. The molecule has 2 aromatic heterocycles. The van der Waals surface area contributed by atoms with Gasteiger partial charge in [0.05, 0.1) is 17.0 Å². The number of aryl methyl sites for hydroxylation is 3. The predicted octanol–water partition coefficient (Wildman–Crippen LogP) is 2.37. The van der Waals surface area contributed by atoms with E-state index in [1.165, 1.54) is 11.3 Å². The molecule has 1 aromatic carbocycles. The van der Waals surface area contributed by atoms with Crippen molar-refractivity contribution >= 4 is 5.91 Å². The largest absolute Gasteiger partial charge is 0.338 e. The van der Waals surface area contributed by atoms with Crippen LogP contribution in [0.4, 0.5) is 0 Å². The fourth-order valence-corrected chi connectivity index (χ4v) is 3.79. The molecule has 0 unspecified atom stereocenters. The summed E-state index contributed by atoms with van der Waals surface area (Å²) < 4.78 is 3.67. The number of aromatic nitrogens is 4. The summed E-state index contributed by atoms with van der Waals surface area (Å²) in [6, 6.07) is 10.3. The maximum atomic E-state index is 12.9. The van der Waals surface area contributed by atoms with Gasteiger partial charge in [-0.2, -0.15) is 10.2 Å². The minimum Gasteiger partial charge on any atom is -0.338 e. The van der Waals surface area contributed by atoms with Crippen molar-refractivity contribution in [3.8, 4) is 11.3 Å². The second-order valence-electron chi connectivity index (χ2n) is 6.86. The summed E-state index contributed by atoms with van der Waals surface area (Å²) in [5.41, 5.74) is 6.13. The van der Waals surface area contributed by atoms with Crippen LogP contribution in [-0.4, -0.2) is 43.5 Å². The Morgan fingerprint density at radius 3 is 2.46 bits per heavy atom. The number of rotatable bonds is 2. The van der Waals surface area contributed by atoms with E-state index in [1.807, 2.05) is 55.0 Å². The molecular formula is C20H23N5O. The van der Waals surface area contributed by atoms with Gasteiger partial charge in [-0.25, -0.2) is 0 Å². The van der Waals surface area contributed by atoms with Gasteiger partial charge in [0.15, 0.2) is 0 Å². The molecule has 3 aromatic rings. The van der Waals surface area contributed by atoms with Crippen LogP contribution in [0.15, 0.2) is 36.5 Å². The summed E-state index contributed by atoms with van der Waals surface area (Å²) in [6.45, 7) is 3.29. The number of hydrogen-bond donors (Lipinski definition) is 0. The average Bonchev–Trinajstić information content (AvgIpc) is 3.04. The topological polar surface area (TPSA) is 56.0 Å². The van der Waals surface area contributed by atoms with Crippen molar-refractivity contribution in [3.05, 3.63) is 59.0 Å². The Hall–Kier alpha value is -2.89. The van der Waals surface area contributed by atoms with E-state index in [4.69, 9.17) is 5.10 Å². The Bertz CT molecular complexity index is 954. The SMILES string of the molecule is Cc1nn(C)cc1C(=O)N1CCc2c(-c3ccccc3)nn(C)c2CC1. The molecule has 0 spiro atoms. The van der Waals surface area contributed by atoms with Crippen molar-refractivity contribution in [3.63, 3.8) is 0 Å². The Labute approximate surface area is 153 Å². The molecule has 0 atom stereocenters. The van der Waals surface area contributed by atoms with Crippen molar-refractivity contribution < 1.29 is 4.79 Å². The Kier molecular flexibility index (Phi) is 4.11. The van der Waals surface area contributed by atoms with Gasteiger partial charge in [0, 0.05) is 56.6 Å². The van der Waals surface area contributed by atoms with Gasteiger partial charge in [-0.05, 0) is 13.3 Å². The summed E-state index contributed by atoms with van der Waals surface area (Å²) >= 11 is 0. The minimum atomic E-state index is 0.0672. The number of carbonyl (C=O) groups is 1. The van der Waals surface area contributed by atoms with Crippen molar-refractivity contribution in [1.82, 2.24) is 24.5 Å². The van der Waals surface area contributed by atoms with Crippen molar-refractivity contribution in [1.29, 1.82) is 0 Å². The molecule has 0 aliphatic carbocycles. The van der Waals surface area contributed by atoms with E-state index in [-0.39, 0.29) is 5.91 Å². The zero-order chi connectivity index (χ0) is 18.3. The highest BCUT2D eigenvalue weighted by atomic mass is 16.2. The van der Waals surface area contributed by atoms with Crippen LogP contribution >= 0.6 is 0 Å². The zero-order valence-electron chi connectivity index (χ0n) is 15.4. The van der Waals surface area contributed by atoms with Gasteiger partial charge >= 0.3 is 0 Å². The maximum Gasteiger partial charge on any atom is 0.257 e. The van der Waals surface area contributed by atoms with Crippen LogP contribution in [0, 0.1) is 6.92 Å². The third-order valence-electron chi connectivity index (χ3n) is 5.10. The normalized spacial score (nSPS) is 14.2. The highest BCUT2D eigenvalue weighted by Crippen LogP contribution is 2.28. The number of hydrogen-bond acceptors (Lipinski definition) is 3.